The van der Waals surface area contributed by atoms with Crippen LogP contribution in [0.4, 0.5) is 27.9 Å². The van der Waals surface area contributed by atoms with Crippen molar-refractivity contribution >= 4 is 29.2 Å². The van der Waals surface area contributed by atoms with E-state index in [-0.39, 0.29) is 12.1 Å². The third kappa shape index (κ3) is 3.12. The Morgan fingerprint density at radius 1 is 1.10 bits per heavy atom. The standard InChI is InChI=1S/C21H21N7O/c1-22-18-8-5-14(12-24-18)16-6-7-17-20(25-16)28(15-9-11-27(17)13-15)21(29)26-19-4-2-3-10-23-19/h2-8,10,12,15H,9,11,13H2,1H3,(H,22,24)(H,23,26,29)/t15-/m0/s1. The van der Waals surface area contributed by atoms with Crippen LogP contribution in [0, 0.1) is 0 Å². The Kier molecular flexibility index (Phi) is 4.23. The van der Waals surface area contributed by atoms with Crippen LogP contribution in [-0.4, -0.2) is 47.2 Å². The van der Waals surface area contributed by atoms with E-state index < -0.39 is 0 Å². The van der Waals surface area contributed by atoms with Crippen molar-refractivity contribution in [1.29, 1.82) is 0 Å². The van der Waals surface area contributed by atoms with Gasteiger partial charge in [-0.3, -0.25) is 10.2 Å². The van der Waals surface area contributed by atoms with Gasteiger partial charge in [-0.1, -0.05) is 6.07 Å². The van der Waals surface area contributed by atoms with E-state index in [1.165, 1.54) is 0 Å². The molecule has 2 aliphatic heterocycles. The Bertz CT molecular complexity index is 1040. The second-order valence-electron chi connectivity index (χ2n) is 7.12. The number of rotatable bonds is 3. The zero-order valence-corrected chi connectivity index (χ0v) is 16.0. The zero-order valence-electron chi connectivity index (χ0n) is 16.0. The van der Waals surface area contributed by atoms with Crippen LogP contribution in [0.3, 0.4) is 0 Å². The smallest absolute Gasteiger partial charge is 0.329 e. The molecule has 3 aromatic heterocycles. The fraction of sp³-hybridized carbons (Fsp3) is 0.238. The van der Waals surface area contributed by atoms with Crippen molar-refractivity contribution < 1.29 is 4.79 Å². The molecule has 0 aromatic carbocycles. The predicted octanol–water partition coefficient (Wildman–Crippen LogP) is 3.21. The van der Waals surface area contributed by atoms with Gasteiger partial charge in [0.05, 0.1) is 17.4 Å². The molecule has 5 rings (SSSR count). The Hall–Kier alpha value is -3.68. The molecule has 146 valence electrons. The lowest BCUT2D eigenvalue weighted by Crippen LogP contribution is -2.48. The van der Waals surface area contributed by atoms with E-state index in [2.05, 4.69) is 25.5 Å². The zero-order chi connectivity index (χ0) is 19.8. The van der Waals surface area contributed by atoms with Gasteiger partial charge in [0.1, 0.15) is 11.6 Å². The molecular formula is C21H21N7O. The number of amides is 2. The van der Waals surface area contributed by atoms with Crippen molar-refractivity contribution in [2.24, 2.45) is 0 Å². The van der Waals surface area contributed by atoms with E-state index >= 15 is 0 Å². The van der Waals surface area contributed by atoms with Gasteiger partial charge in [-0.15, -0.1) is 0 Å². The first-order valence-electron chi connectivity index (χ1n) is 9.64. The van der Waals surface area contributed by atoms with Gasteiger partial charge in [0.15, 0.2) is 5.82 Å². The minimum absolute atomic E-state index is 0.0961. The van der Waals surface area contributed by atoms with Gasteiger partial charge >= 0.3 is 6.03 Å². The van der Waals surface area contributed by atoms with Crippen molar-refractivity contribution in [3.63, 3.8) is 0 Å². The van der Waals surface area contributed by atoms with Gasteiger partial charge in [-0.2, -0.15) is 0 Å². The summed E-state index contributed by atoms with van der Waals surface area (Å²) in [5.41, 5.74) is 2.68. The lowest BCUT2D eigenvalue weighted by atomic mass is 10.1. The number of nitrogens with zero attached hydrogens (tertiary/aromatic N) is 5. The van der Waals surface area contributed by atoms with Crippen molar-refractivity contribution in [3.05, 3.63) is 54.9 Å². The van der Waals surface area contributed by atoms with Crippen LogP contribution >= 0.6 is 0 Å². The fourth-order valence-corrected chi connectivity index (χ4v) is 3.93. The van der Waals surface area contributed by atoms with Crippen LogP contribution < -0.4 is 20.4 Å². The molecule has 1 fully saturated rings. The lowest BCUT2D eigenvalue weighted by molar-refractivity contribution is 0.254. The summed E-state index contributed by atoms with van der Waals surface area (Å²) >= 11 is 0. The molecule has 5 heterocycles. The average molecular weight is 387 g/mol. The Morgan fingerprint density at radius 2 is 2.03 bits per heavy atom. The van der Waals surface area contributed by atoms with E-state index in [4.69, 9.17) is 4.98 Å². The topological polar surface area (TPSA) is 86.3 Å². The molecule has 2 amide bonds. The van der Waals surface area contributed by atoms with Crippen molar-refractivity contribution in [1.82, 2.24) is 15.0 Å². The molecule has 8 heteroatoms. The molecule has 1 atom stereocenters. The summed E-state index contributed by atoms with van der Waals surface area (Å²) in [6.07, 6.45) is 4.37. The van der Waals surface area contributed by atoms with Gasteiger partial charge in [-0.05, 0) is 42.8 Å². The largest absolute Gasteiger partial charge is 0.373 e. The highest BCUT2D eigenvalue weighted by Crippen LogP contribution is 2.40. The summed E-state index contributed by atoms with van der Waals surface area (Å²) in [6.45, 7) is 1.74. The maximum atomic E-state index is 13.1. The van der Waals surface area contributed by atoms with Gasteiger partial charge in [-0.25, -0.2) is 19.7 Å². The monoisotopic (exact) mass is 387 g/mol. The van der Waals surface area contributed by atoms with Crippen LogP contribution in [0.25, 0.3) is 11.3 Å². The van der Waals surface area contributed by atoms with Gasteiger partial charge in [0.2, 0.25) is 0 Å². The number of anilines is 4. The van der Waals surface area contributed by atoms with Crippen LogP contribution in [0.5, 0.6) is 0 Å². The minimum atomic E-state index is -0.204. The molecule has 1 saturated heterocycles. The summed E-state index contributed by atoms with van der Waals surface area (Å²) in [5.74, 6) is 2.01. The lowest BCUT2D eigenvalue weighted by Gasteiger charge is -2.35. The highest BCUT2D eigenvalue weighted by molar-refractivity contribution is 6.04. The Balaban J connectivity index is 1.51. The second-order valence-corrected chi connectivity index (χ2v) is 7.12. The van der Waals surface area contributed by atoms with Crippen molar-refractivity contribution in [2.45, 2.75) is 12.5 Å². The summed E-state index contributed by atoms with van der Waals surface area (Å²) in [7, 11) is 1.83. The number of fused-ring (bicyclic) bond motifs is 4. The van der Waals surface area contributed by atoms with E-state index in [0.29, 0.717) is 11.6 Å². The molecule has 2 bridgehead atoms. The van der Waals surface area contributed by atoms with Gasteiger partial charge < -0.3 is 10.2 Å². The molecule has 2 aliphatic rings. The number of carbonyl (C=O) groups is 1. The van der Waals surface area contributed by atoms with Crippen LogP contribution in [0.2, 0.25) is 0 Å². The molecule has 0 aliphatic carbocycles. The molecule has 3 aromatic rings. The molecule has 0 spiro atoms. The first-order valence-corrected chi connectivity index (χ1v) is 9.64. The van der Waals surface area contributed by atoms with Crippen LogP contribution in [0.1, 0.15) is 6.42 Å². The van der Waals surface area contributed by atoms with Crippen LogP contribution in [0.15, 0.2) is 54.9 Å². The molecule has 0 saturated carbocycles. The third-order valence-corrected chi connectivity index (χ3v) is 5.39. The maximum Gasteiger partial charge on any atom is 0.329 e. The predicted molar refractivity (Wildman–Crippen MR) is 113 cm³/mol. The molecule has 0 radical (unpaired) electrons. The summed E-state index contributed by atoms with van der Waals surface area (Å²) in [4.78, 5) is 30.7. The highest BCUT2D eigenvalue weighted by atomic mass is 16.2. The quantitative estimate of drug-likeness (QED) is 0.718. The Morgan fingerprint density at radius 3 is 2.79 bits per heavy atom. The number of pyridine rings is 3. The van der Waals surface area contributed by atoms with Gasteiger partial charge in [0.25, 0.3) is 0 Å². The number of hydrogen-bond donors (Lipinski definition) is 2. The molecular weight excluding hydrogens is 366 g/mol. The number of aromatic nitrogens is 3. The normalized spacial score (nSPS) is 17.1. The average Bonchev–Trinajstić information content (AvgIpc) is 3.18. The van der Waals surface area contributed by atoms with E-state index in [0.717, 1.165) is 42.3 Å². The molecule has 2 N–H and O–H groups in total. The van der Waals surface area contributed by atoms with Crippen molar-refractivity contribution in [3.8, 4) is 11.3 Å². The molecule has 8 nitrogen and oxygen atoms in total. The molecule has 0 unspecified atom stereocenters. The number of hydrogen-bond acceptors (Lipinski definition) is 6. The van der Waals surface area contributed by atoms with E-state index in [1.807, 2.05) is 43.4 Å². The second kappa shape index (κ2) is 7.05. The summed E-state index contributed by atoms with van der Waals surface area (Å²) in [6, 6.07) is 13.3. The first-order chi connectivity index (χ1) is 14.2. The number of urea groups is 1. The van der Waals surface area contributed by atoms with Gasteiger partial charge in [0, 0.05) is 38.1 Å². The number of carbonyl (C=O) groups excluding carboxylic acids is 1. The maximum absolute atomic E-state index is 13.1. The van der Waals surface area contributed by atoms with Crippen LogP contribution in [-0.2, 0) is 0 Å². The highest BCUT2D eigenvalue weighted by Gasteiger charge is 2.40. The minimum Gasteiger partial charge on any atom is -0.373 e. The summed E-state index contributed by atoms with van der Waals surface area (Å²) < 4.78 is 0. The number of nitrogens with one attached hydrogen (secondary N) is 2. The molecule has 29 heavy (non-hydrogen) atoms. The first kappa shape index (κ1) is 17.4. The van der Waals surface area contributed by atoms with Crippen molar-refractivity contribution in [2.75, 3.05) is 40.6 Å². The SMILES string of the molecule is CNc1ccc(-c2ccc3c(n2)N(C(=O)Nc2ccccn2)[C@H]2CCN3C2)cn1. The van der Waals surface area contributed by atoms with E-state index in [9.17, 15) is 4.79 Å². The fourth-order valence-electron chi connectivity index (χ4n) is 3.93. The van der Waals surface area contributed by atoms with E-state index in [1.54, 1.807) is 23.4 Å². The summed E-state index contributed by atoms with van der Waals surface area (Å²) in [5, 5.41) is 5.92. The third-order valence-electron chi connectivity index (χ3n) is 5.39. The Labute approximate surface area is 168 Å².